The zero-order chi connectivity index (χ0) is 15.6. The molecule has 0 saturated heterocycles. The SMILES string of the molecule is OCCn1cnc2c(Oc3ccccc3)nc3ccccc3c21. The van der Waals surface area contributed by atoms with E-state index in [1.54, 1.807) is 6.33 Å². The van der Waals surface area contributed by atoms with Crippen molar-refractivity contribution in [2.75, 3.05) is 6.61 Å². The van der Waals surface area contributed by atoms with Crippen LogP contribution in [-0.2, 0) is 6.54 Å². The van der Waals surface area contributed by atoms with Gasteiger partial charge in [-0.3, -0.25) is 0 Å². The lowest BCUT2D eigenvalue weighted by atomic mass is 10.2. The molecule has 4 rings (SSSR count). The Morgan fingerprint density at radius 1 is 1.00 bits per heavy atom. The van der Waals surface area contributed by atoms with Crippen LogP contribution in [0.1, 0.15) is 0 Å². The van der Waals surface area contributed by atoms with Gasteiger partial charge in [0.25, 0.3) is 0 Å². The minimum absolute atomic E-state index is 0.0526. The summed E-state index contributed by atoms with van der Waals surface area (Å²) in [5.41, 5.74) is 2.46. The van der Waals surface area contributed by atoms with Crippen LogP contribution in [0.4, 0.5) is 0 Å². The fraction of sp³-hybridized carbons (Fsp3) is 0.111. The van der Waals surface area contributed by atoms with Crippen molar-refractivity contribution in [3.63, 3.8) is 0 Å². The number of aromatic nitrogens is 3. The van der Waals surface area contributed by atoms with Crippen LogP contribution in [0.25, 0.3) is 21.9 Å². The van der Waals surface area contributed by atoms with E-state index < -0.39 is 0 Å². The lowest BCUT2D eigenvalue weighted by Gasteiger charge is -2.09. The summed E-state index contributed by atoms with van der Waals surface area (Å²) in [6.45, 7) is 0.534. The summed E-state index contributed by atoms with van der Waals surface area (Å²) in [6, 6.07) is 17.4. The predicted molar refractivity (Wildman–Crippen MR) is 88.6 cm³/mol. The fourth-order valence-electron chi connectivity index (χ4n) is 2.70. The van der Waals surface area contributed by atoms with E-state index >= 15 is 0 Å². The second kappa shape index (κ2) is 5.70. The second-order valence-corrected chi connectivity index (χ2v) is 5.21. The van der Waals surface area contributed by atoms with Gasteiger partial charge in [-0.1, -0.05) is 36.4 Å². The summed E-state index contributed by atoms with van der Waals surface area (Å²) < 4.78 is 7.87. The molecule has 0 fully saturated rings. The Morgan fingerprint density at radius 3 is 2.61 bits per heavy atom. The third-order valence-corrected chi connectivity index (χ3v) is 3.72. The molecule has 0 atom stereocenters. The molecule has 23 heavy (non-hydrogen) atoms. The van der Waals surface area contributed by atoms with Crippen molar-refractivity contribution in [1.29, 1.82) is 0 Å². The summed E-state index contributed by atoms with van der Waals surface area (Å²) >= 11 is 0. The van der Waals surface area contributed by atoms with Crippen LogP contribution in [0, 0.1) is 0 Å². The fourth-order valence-corrected chi connectivity index (χ4v) is 2.70. The predicted octanol–water partition coefficient (Wildman–Crippen LogP) is 3.37. The van der Waals surface area contributed by atoms with Crippen LogP contribution >= 0.6 is 0 Å². The quantitative estimate of drug-likeness (QED) is 0.628. The summed E-state index contributed by atoms with van der Waals surface area (Å²) in [5, 5.41) is 10.3. The van der Waals surface area contributed by atoms with Gasteiger partial charge in [-0.15, -0.1) is 0 Å². The number of ether oxygens (including phenoxy) is 1. The van der Waals surface area contributed by atoms with Crippen LogP contribution < -0.4 is 4.74 Å². The topological polar surface area (TPSA) is 60.2 Å². The average Bonchev–Trinajstić information content (AvgIpc) is 3.01. The lowest BCUT2D eigenvalue weighted by molar-refractivity contribution is 0.278. The number of hydrogen-bond donors (Lipinski definition) is 1. The Morgan fingerprint density at radius 2 is 1.78 bits per heavy atom. The molecule has 2 aromatic heterocycles. The minimum Gasteiger partial charge on any atom is -0.437 e. The number of nitrogens with zero attached hydrogens (tertiary/aromatic N) is 3. The van der Waals surface area contributed by atoms with Crippen molar-refractivity contribution in [2.45, 2.75) is 6.54 Å². The summed E-state index contributed by atoms with van der Waals surface area (Å²) in [6.07, 6.45) is 1.72. The molecule has 0 aliphatic rings. The van der Waals surface area contributed by atoms with Gasteiger partial charge in [-0.2, -0.15) is 0 Å². The van der Waals surface area contributed by atoms with E-state index in [9.17, 15) is 5.11 Å². The van der Waals surface area contributed by atoms with E-state index in [0.29, 0.717) is 23.7 Å². The molecule has 2 aromatic carbocycles. The van der Waals surface area contributed by atoms with Gasteiger partial charge in [-0.05, 0) is 18.2 Å². The number of pyridine rings is 1. The highest BCUT2D eigenvalue weighted by atomic mass is 16.5. The van der Waals surface area contributed by atoms with Crippen molar-refractivity contribution >= 4 is 21.9 Å². The first kappa shape index (κ1) is 13.7. The molecule has 0 spiro atoms. The Labute approximate surface area is 132 Å². The van der Waals surface area contributed by atoms with Gasteiger partial charge in [0.05, 0.1) is 24.0 Å². The first-order chi connectivity index (χ1) is 11.4. The standard InChI is InChI=1S/C18H15N3O2/c22-11-10-21-12-19-16-17(21)14-8-4-5-9-15(14)20-18(16)23-13-6-2-1-3-7-13/h1-9,12,22H,10-11H2. The number of hydrogen-bond acceptors (Lipinski definition) is 4. The lowest BCUT2D eigenvalue weighted by Crippen LogP contribution is -2.01. The molecular formula is C18H15N3O2. The first-order valence-electron chi connectivity index (χ1n) is 7.44. The van der Waals surface area contributed by atoms with Crippen LogP contribution in [0.15, 0.2) is 60.9 Å². The number of imidazole rings is 1. The monoisotopic (exact) mass is 305 g/mol. The molecule has 114 valence electrons. The van der Waals surface area contributed by atoms with Crippen LogP contribution in [0.5, 0.6) is 11.6 Å². The molecule has 2 heterocycles. The maximum absolute atomic E-state index is 9.28. The van der Waals surface area contributed by atoms with Gasteiger partial charge >= 0.3 is 0 Å². The molecule has 0 aliphatic heterocycles. The van der Waals surface area contributed by atoms with Crippen molar-refractivity contribution < 1.29 is 9.84 Å². The second-order valence-electron chi connectivity index (χ2n) is 5.21. The third-order valence-electron chi connectivity index (χ3n) is 3.72. The molecule has 5 heteroatoms. The molecule has 5 nitrogen and oxygen atoms in total. The number of aliphatic hydroxyl groups is 1. The van der Waals surface area contributed by atoms with Gasteiger partial charge < -0.3 is 14.4 Å². The summed E-state index contributed by atoms with van der Waals surface area (Å²) in [5.74, 6) is 1.19. The van der Waals surface area contributed by atoms with Crippen molar-refractivity contribution in [3.8, 4) is 11.6 Å². The Balaban J connectivity index is 1.96. The molecule has 0 unspecified atom stereocenters. The maximum atomic E-state index is 9.28. The van der Waals surface area contributed by atoms with Crippen molar-refractivity contribution in [2.24, 2.45) is 0 Å². The minimum atomic E-state index is 0.0526. The number of aliphatic hydroxyl groups excluding tert-OH is 1. The van der Waals surface area contributed by atoms with Gasteiger partial charge in [0.2, 0.25) is 5.88 Å². The molecule has 1 N–H and O–H groups in total. The maximum Gasteiger partial charge on any atom is 0.248 e. The highest BCUT2D eigenvalue weighted by Gasteiger charge is 2.15. The van der Waals surface area contributed by atoms with Crippen LogP contribution in [-0.4, -0.2) is 26.2 Å². The van der Waals surface area contributed by atoms with Gasteiger partial charge in [0, 0.05) is 11.9 Å². The number of rotatable bonds is 4. The van der Waals surface area contributed by atoms with E-state index in [0.717, 1.165) is 16.4 Å². The third kappa shape index (κ3) is 2.41. The molecular weight excluding hydrogens is 290 g/mol. The smallest absolute Gasteiger partial charge is 0.248 e. The van der Waals surface area contributed by atoms with E-state index in [-0.39, 0.29) is 6.61 Å². The first-order valence-corrected chi connectivity index (χ1v) is 7.44. The van der Waals surface area contributed by atoms with Gasteiger partial charge in [0.15, 0.2) is 5.52 Å². The number of para-hydroxylation sites is 2. The average molecular weight is 305 g/mol. The molecule has 0 amide bonds. The molecule has 0 bridgehead atoms. The van der Waals surface area contributed by atoms with Gasteiger partial charge in [-0.25, -0.2) is 9.97 Å². The molecule has 0 saturated carbocycles. The van der Waals surface area contributed by atoms with E-state index in [4.69, 9.17) is 4.74 Å². The molecule has 4 aromatic rings. The van der Waals surface area contributed by atoms with E-state index in [2.05, 4.69) is 9.97 Å². The normalized spacial score (nSPS) is 11.2. The zero-order valence-electron chi connectivity index (χ0n) is 12.4. The largest absolute Gasteiger partial charge is 0.437 e. The van der Waals surface area contributed by atoms with E-state index in [1.165, 1.54) is 0 Å². The Kier molecular flexibility index (Phi) is 3.40. The highest BCUT2D eigenvalue weighted by Crippen LogP contribution is 2.32. The Bertz CT molecular complexity index is 964. The summed E-state index contributed by atoms with van der Waals surface area (Å²) in [7, 11) is 0. The highest BCUT2D eigenvalue weighted by molar-refractivity contribution is 6.04. The Hall–Kier alpha value is -2.92. The zero-order valence-corrected chi connectivity index (χ0v) is 12.4. The van der Waals surface area contributed by atoms with Crippen LogP contribution in [0.2, 0.25) is 0 Å². The summed E-state index contributed by atoms with van der Waals surface area (Å²) in [4.78, 5) is 9.06. The number of fused-ring (bicyclic) bond motifs is 3. The van der Waals surface area contributed by atoms with Crippen molar-refractivity contribution in [3.05, 3.63) is 60.9 Å². The molecule has 0 aliphatic carbocycles. The number of benzene rings is 2. The van der Waals surface area contributed by atoms with Gasteiger partial charge in [0.1, 0.15) is 5.75 Å². The van der Waals surface area contributed by atoms with E-state index in [1.807, 2.05) is 59.2 Å². The molecule has 0 radical (unpaired) electrons. The van der Waals surface area contributed by atoms with Crippen LogP contribution in [0.3, 0.4) is 0 Å². The van der Waals surface area contributed by atoms with Crippen molar-refractivity contribution in [1.82, 2.24) is 14.5 Å².